The summed E-state index contributed by atoms with van der Waals surface area (Å²) in [5, 5.41) is 2.98. The molecule has 0 aliphatic heterocycles. The second kappa shape index (κ2) is 5.96. The predicted octanol–water partition coefficient (Wildman–Crippen LogP) is 3.08. The van der Waals surface area contributed by atoms with Crippen LogP contribution < -0.4 is 14.8 Å². The van der Waals surface area contributed by atoms with Gasteiger partial charge in [-0.05, 0) is 12.1 Å². The van der Waals surface area contributed by atoms with Gasteiger partial charge in [0.15, 0.2) is 17.3 Å². The van der Waals surface area contributed by atoms with Gasteiger partial charge in [0.1, 0.15) is 0 Å². The van der Waals surface area contributed by atoms with Crippen LogP contribution in [-0.4, -0.2) is 25.8 Å². The van der Waals surface area contributed by atoms with Crippen molar-refractivity contribution in [2.75, 3.05) is 19.5 Å². The van der Waals surface area contributed by atoms with Crippen LogP contribution in [-0.2, 0) is 0 Å². The van der Waals surface area contributed by atoms with Crippen LogP contribution in [0.4, 0.5) is 5.69 Å². The van der Waals surface area contributed by atoms with Crippen LogP contribution in [0, 0.1) is 0 Å². The Morgan fingerprint density at radius 2 is 1.57 bits per heavy atom. The van der Waals surface area contributed by atoms with E-state index in [9.17, 15) is 9.59 Å². The molecule has 0 bridgehead atoms. The maximum atomic E-state index is 12.5. The number of ether oxygens (including phenoxy) is 2. The van der Waals surface area contributed by atoms with Gasteiger partial charge in [-0.15, -0.1) is 0 Å². The molecular weight excluding hydrogens is 294 g/mol. The van der Waals surface area contributed by atoms with Crippen LogP contribution in [0.2, 0.25) is 0 Å². The van der Waals surface area contributed by atoms with E-state index in [1.165, 1.54) is 13.2 Å². The molecule has 2 aromatic rings. The number of hydrogen-bond donors (Lipinski definition) is 1. The summed E-state index contributed by atoms with van der Waals surface area (Å²) < 4.78 is 10.4. The number of carbonyl (C=O) groups is 2. The van der Waals surface area contributed by atoms with Gasteiger partial charge in [0.05, 0.1) is 19.9 Å². The van der Waals surface area contributed by atoms with E-state index in [0.717, 1.165) is 0 Å². The van der Waals surface area contributed by atoms with Gasteiger partial charge in [0.25, 0.3) is 0 Å². The summed E-state index contributed by atoms with van der Waals surface area (Å²) in [6.45, 7) is 0. The standard InChI is InChI=1S/C18H15NO4/c1-22-16-8-7-11(9-17(16)23-2)19-14-10-15(20)12-5-3-4-6-13(12)18(14)21/h3-10,19H,1-2H3. The summed E-state index contributed by atoms with van der Waals surface area (Å²) in [6, 6.07) is 12.0. The molecule has 1 aliphatic rings. The summed E-state index contributed by atoms with van der Waals surface area (Å²) in [7, 11) is 3.08. The third-order valence-electron chi connectivity index (χ3n) is 3.62. The minimum Gasteiger partial charge on any atom is -0.493 e. The molecule has 0 amide bonds. The largest absolute Gasteiger partial charge is 0.493 e. The van der Waals surface area contributed by atoms with E-state index in [1.807, 2.05) is 0 Å². The van der Waals surface area contributed by atoms with Gasteiger partial charge in [-0.3, -0.25) is 9.59 Å². The molecule has 0 fully saturated rings. The van der Waals surface area contributed by atoms with Crippen molar-refractivity contribution < 1.29 is 19.1 Å². The normalized spacial score (nSPS) is 13.2. The number of rotatable bonds is 4. The van der Waals surface area contributed by atoms with Crippen LogP contribution in [0.25, 0.3) is 0 Å². The van der Waals surface area contributed by atoms with Gasteiger partial charge in [-0.1, -0.05) is 24.3 Å². The molecule has 0 atom stereocenters. The maximum absolute atomic E-state index is 12.5. The predicted molar refractivity (Wildman–Crippen MR) is 86.4 cm³/mol. The van der Waals surface area contributed by atoms with Gasteiger partial charge in [0, 0.05) is 29.0 Å². The Balaban J connectivity index is 1.92. The Morgan fingerprint density at radius 3 is 2.26 bits per heavy atom. The Labute approximate surface area is 133 Å². The molecule has 0 aromatic heterocycles. The second-order valence-electron chi connectivity index (χ2n) is 4.99. The third-order valence-corrected chi connectivity index (χ3v) is 3.62. The molecule has 0 saturated carbocycles. The van der Waals surface area contributed by atoms with Crippen LogP contribution >= 0.6 is 0 Å². The summed E-state index contributed by atoms with van der Waals surface area (Å²) in [5.41, 5.74) is 1.70. The van der Waals surface area contributed by atoms with Gasteiger partial charge >= 0.3 is 0 Å². The lowest BCUT2D eigenvalue weighted by molar-refractivity contribution is 0.0985. The number of Topliss-reactive ketones (excluding diaryl/α,β-unsaturated/α-hetero) is 1. The van der Waals surface area contributed by atoms with Gasteiger partial charge < -0.3 is 14.8 Å². The van der Waals surface area contributed by atoms with Crippen molar-refractivity contribution in [1.29, 1.82) is 0 Å². The summed E-state index contributed by atoms with van der Waals surface area (Å²) in [6.07, 6.45) is 1.32. The second-order valence-corrected chi connectivity index (χ2v) is 4.99. The average molecular weight is 309 g/mol. The lowest BCUT2D eigenvalue weighted by Gasteiger charge is -2.17. The SMILES string of the molecule is COc1ccc(NC2=CC(=O)c3ccccc3C2=O)cc1OC. The molecule has 116 valence electrons. The number of fused-ring (bicyclic) bond motifs is 1. The molecule has 0 saturated heterocycles. The Morgan fingerprint density at radius 1 is 0.870 bits per heavy atom. The lowest BCUT2D eigenvalue weighted by Crippen LogP contribution is -2.21. The highest BCUT2D eigenvalue weighted by atomic mass is 16.5. The van der Waals surface area contributed by atoms with Crippen LogP contribution in [0.3, 0.4) is 0 Å². The van der Waals surface area contributed by atoms with E-state index >= 15 is 0 Å². The minimum atomic E-state index is -0.213. The molecule has 0 radical (unpaired) electrons. The Hall–Kier alpha value is -3.08. The average Bonchev–Trinajstić information content (AvgIpc) is 2.59. The first kappa shape index (κ1) is 14.8. The fraction of sp³-hybridized carbons (Fsp3) is 0.111. The summed E-state index contributed by atoms with van der Waals surface area (Å²) >= 11 is 0. The van der Waals surface area contributed by atoms with E-state index < -0.39 is 0 Å². The highest BCUT2D eigenvalue weighted by Crippen LogP contribution is 2.31. The minimum absolute atomic E-state index is 0.192. The van der Waals surface area contributed by atoms with E-state index in [0.29, 0.717) is 28.3 Å². The fourth-order valence-corrected chi connectivity index (χ4v) is 2.48. The van der Waals surface area contributed by atoms with Crippen LogP contribution in [0.15, 0.2) is 54.2 Å². The molecule has 0 heterocycles. The number of ketones is 2. The first-order valence-corrected chi connectivity index (χ1v) is 7.03. The van der Waals surface area contributed by atoms with E-state index in [1.54, 1.807) is 49.6 Å². The van der Waals surface area contributed by atoms with Crippen molar-refractivity contribution in [2.45, 2.75) is 0 Å². The molecule has 5 heteroatoms. The van der Waals surface area contributed by atoms with Crippen molar-refractivity contribution in [1.82, 2.24) is 0 Å². The molecule has 2 aromatic carbocycles. The smallest absolute Gasteiger partial charge is 0.210 e. The maximum Gasteiger partial charge on any atom is 0.210 e. The molecular formula is C18H15NO4. The Bertz CT molecular complexity index is 824. The zero-order valence-corrected chi connectivity index (χ0v) is 12.8. The quantitative estimate of drug-likeness (QED) is 0.940. The molecule has 0 spiro atoms. The number of nitrogens with one attached hydrogen (secondary N) is 1. The zero-order chi connectivity index (χ0) is 16.4. The number of anilines is 1. The van der Waals surface area contributed by atoms with Crippen LogP contribution in [0.5, 0.6) is 11.5 Å². The van der Waals surface area contributed by atoms with Gasteiger partial charge in [0.2, 0.25) is 5.78 Å². The molecule has 5 nitrogen and oxygen atoms in total. The lowest BCUT2D eigenvalue weighted by atomic mass is 9.92. The number of carbonyl (C=O) groups excluding carboxylic acids is 2. The molecule has 3 rings (SSSR count). The van der Waals surface area contributed by atoms with Gasteiger partial charge in [-0.25, -0.2) is 0 Å². The first-order valence-electron chi connectivity index (χ1n) is 7.03. The van der Waals surface area contributed by atoms with Crippen molar-refractivity contribution in [3.63, 3.8) is 0 Å². The topological polar surface area (TPSA) is 64.6 Å². The fourth-order valence-electron chi connectivity index (χ4n) is 2.48. The summed E-state index contributed by atoms with van der Waals surface area (Å²) in [4.78, 5) is 24.6. The van der Waals surface area contributed by atoms with Crippen molar-refractivity contribution in [3.8, 4) is 11.5 Å². The van der Waals surface area contributed by atoms with Crippen molar-refractivity contribution >= 4 is 17.3 Å². The van der Waals surface area contributed by atoms with E-state index in [4.69, 9.17) is 9.47 Å². The van der Waals surface area contributed by atoms with Crippen molar-refractivity contribution in [3.05, 3.63) is 65.4 Å². The highest BCUT2D eigenvalue weighted by Gasteiger charge is 2.25. The zero-order valence-electron chi connectivity index (χ0n) is 12.8. The highest BCUT2D eigenvalue weighted by molar-refractivity contribution is 6.25. The van der Waals surface area contributed by atoms with Gasteiger partial charge in [-0.2, -0.15) is 0 Å². The van der Waals surface area contributed by atoms with Crippen molar-refractivity contribution in [2.24, 2.45) is 0 Å². The molecule has 23 heavy (non-hydrogen) atoms. The molecule has 1 N–H and O–H groups in total. The van der Waals surface area contributed by atoms with E-state index in [2.05, 4.69) is 5.32 Å². The number of hydrogen-bond acceptors (Lipinski definition) is 5. The summed E-state index contributed by atoms with van der Waals surface area (Å²) in [5.74, 6) is 0.717. The molecule has 0 unspecified atom stereocenters. The monoisotopic (exact) mass is 309 g/mol. The first-order chi connectivity index (χ1) is 11.1. The number of methoxy groups -OCH3 is 2. The van der Waals surface area contributed by atoms with Crippen LogP contribution in [0.1, 0.15) is 20.7 Å². The molecule has 1 aliphatic carbocycles. The number of benzene rings is 2. The van der Waals surface area contributed by atoms with E-state index in [-0.39, 0.29) is 17.3 Å². The third kappa shape index (κ3) is 2.68. The Kier molecular flexibility index (Phi) is 3.85. The number of allylic oxidation sites excluding steroid dienone is 2.